The maximum atomic E-state index is 13.5. The molecule has 4 atom stereocenters. The molecule has 1 spiro atoms. The van der Waals surface area contributed by atoms with Crippen molar-refractivity contribution in [2.45, 2.75) is 101 Å². The van der Waals surface area contributed by atoms with Gasteiger partial charge in [0.15, 0.2) is 5.79 Å². The fraction of sp³-hybridized carbons (Fsp3) is 0.409. The maximum absolute atomic E-state index is 13.5. The number of phenolic OH excluding ortho intramolecular Hbond substituents is 1. The lowest BCUT2D eigenvalue weighted by Crippen LogP contribution is -2.44. The molecule has 12 heteroatoms. The Labute approximate surface area is 326 Å². The van der Waals surface area contributed by atoms with Gasteiger partial charge in [-0.1, -0.05) is 66.7 Å². The Morgan fingerprint density at radius 2 is 1.64 bits per heavy atom. The molecule has 1 heterocycles. The summed E-state index contributed by atoms with van der Waals surface area (Å²) in [7, 11) is 0. The Morgan fingerprint density at radius 3 is 2.32 bits per heavy atom. The number of esters is 2. The molecule has 0 saturated carbocycles. The predicted molar refractivity (Wildman–Crippen MR) is 207 cm³/mol. The van der Waals surface area contributed by atoms with Crippen LogP contribution in [0.5, 0.6) is 5.75 Å². The van der Waals surface area contributed by atoms with Crippen LogP contribution in [0.25, 0.3) is 6.08 Å². The summed E-state index contributed by atoms with van der Waals surface area (Å²) < 4.78 is 24.5. The second-order valence-corrected chi connectivity index (χ2v) is 15.5. The summed E-state index contributed by atoms with van der Waals surface area (Å²) in [5.74, 6) is -2.54. The van der Waals surface area contributed by atoms with E-state index in [4.69, 9.17) is 18.9 Å². The van der Waals surface area contributed by atoms with Gasteiger partial charge in [-0.05, 0) is 80.1 Å². The topological polar surface area (TPSA) is 170 Å². The molecule has 3 aliphatic rings. The van der Waals surface area contributed by atoms with Gasteiger partial charge in [-0.3, -0.25) is 14.4 Å². The lowest BCUT2D eigenvalue weighted by Gasteiger charge is -2.30. The number of amides is 2. The number of carbonyl (C=O) groups is 4. The third-order valence-corrected chi connectivity index (χ3v) is 9.89. The highest BCUT2D eigenvalue weighted by atomic mass is 16.8. The number of allylic oxidation sites excluding steroid dienone is 1. The molecule has 2 aliphatic carbocycles. The van der Waals surface area contributed by atoms with E-state index in [1.54, 1.807) is 63.2 Å². The minimum absolute atomic E-state index is 0.00861. The van der Waals surface area contributed by atoms with Crippen molar-refractivity contribution in [3.8, 4) is 5.75 Å². The van der Waals surface area contributed by atoms with E-state index in [9.17, 15) is 29.4 Å². The molecule has 296 valence electrons. The highest BCUT2D eigenvalue weighted by molar-refractivity contribution is 5.94. The number of rotatable bonds is 14. The van der Waals surface area contributed by atoms with Crippen molar-refractivity contribution in [1.82, 2.24) is 10.6 Å². The first-order valence-corrected chi connectivity index (χ1v) is 19.1. The number of aliphatic hydroxyl groups excluding tert-OH is 1. The number of para-hydroxylation sites is 1. The van der Waals surface area contributed by atoms with Crippen LogP contribution in [0.2, 0.25) is 0 Å². The lowest BCUT2D eigenvalue weighted by molar-refractivity contribution is -0.172. The molecule has 1 fully saturated rings. The first-order valence-electron chi connectivity index (χ1n) is 19.1. The van der Waals surface area contributed by atoms with Gasteiger partial charge in [0, 0.05) is 44.2 Å². The molecule has 3 aromatic rings. The van der Waals surface area contributed by atoms with E-state index in [1.165, 1.54) is 0 Å². The molecule has 2 amide bonds. The fourth-order valence-corrected chi connectivity index (χ4v) is 7.20. The van der Waals surface area contributed by atoms with Gasteiger partial charge in [0.05, 0.1) is 18.2 Å². The van der Waals surface area contributed by atoms with Crippen molar-refractivity contribution in [3.05, 3.63) is 118 Å². The molecule has 0 aromatic heterocycles. The largest absolute Gasteiger partial charge is 0.508 e. The molecule has 12 nitrogen and oxygen atoms in total. The third kappa shape index (κ3) is 10.5. The zero-order valence-corrected chi connectivity index (χ0v) is 32.0. The van der Waals surface area contributed by atoms with Crippen LogP contribution in [0.3, 0.4) is 0 Å². The number of aliphatic hydroxyl groups is 1. The zero-order chi connectivity index (χ0) is 39.9. The molecule has 1 aliphatic heterocycles. The maximum Gasteiger partial charge on any atom is 0.338 e. The number of ether oxygens (including phenoxy) is 4. The van der Waals surface area contributed by atoms with Crippen molar-refractivity contribution < 1.29 is 48.3 Å². The smallest absolute Gasteiger partial charge is 0.338 e. The quantitative estimate of drug-likeness (QED) is 0.166. The number of aromatic hydroxyl groups is 1. The molecule has 0 bridgehead atoms. The average molecular weight is 767 g/mol. The number of phenols is 1. The first kappa shape index (κ1) is 40.4. The van der Waals surface area contributed by atoms with Crippen molar-refractivity contribution in [2.75, 3.05) is 13.2 Å². The third-order valence-electron chi connectivity index (χ3n) is 9.89. The molecular formula is C44H50N2O10. The van der Waals surface area contributed by atoms with Gasteiger partial charge >= 0.3 is 11.9 Å². The van der Waals surface area contributed by atoms with Gasteiger partial charge in [0.2, 0.25) is 11.8 Å². The van der Waals surface area contributed by atoms with E-state index in [1.807, 2.05) is 48.6 Å². The summed E-state index contributed by atoms with van der Waals surface area (Å²) in [6, 6.07) is 21.5. The summed E-state index contributed by atoms with van der Waals surface area (Å²) >= 11 is 0. The first-order chi connectivity index (χ1) is 26.8. The average Bonchev–Trinajstić information content (AvgIpc) is 3.71. The van der Waals surface area contributed by atoms with Crippen LogP contribution >= 0.6 is 0 Å². The Morgan fingerprint density at radius 1 is 0.946 bits per heavy atom. The molecule has 3 aromatic carbocycles. The van der Waals surface area contributed by atoms with Crippen LogP contribution in [0.15, 0.2) is 90.5 Å². The zero-order valence-electron chi connectivity index (χ0n) is 32.0. The highest BCUT2D eigenvalue weighted by Gasteiger charge is 2.55. The SMILES string of the molecule is CC(C)(C)OC(=O)CC[C@@H](CO)NC(=O)CCNC(=O)C1=C[C@H]2OC3(Cc4ccccc4C3)O[C@H]2[C@H](OC(=O)c2ccc(C=CCc3ccccc3O)cc2)C1. The van der Waals surface area contributed by atoms with E-state index in [2.05, 4.69) is 10.6 Å². The normalized spacial score (nSPS) is 20.1. The Bertz CT molecular complexity index is 1940. The van der Waals surface area contributed by atoms with Crippen molar-refractivity contribution >= 4 is 29.8 Å². The minimum atomic E-state index is -0.957. The molecule has 4 N–H and O–H groups in total. The molecule has 6 rings (SSSR count). The number of fused-ring (bicyclic) bond motifs is 2. The molecule has 0 radical (unpaired) electrons. The Balaban J connectivity index is 1.07. The van der Waals surface area contributed by atoms with Gasteiger partial charge in [-0.2, -0.15) is 0 Å². The highest BCUT2D eigenvalue weighted by Crippen LogP contribution is 2.45. The molecule has 56 heavy (non-hydrogen) atoms. The summed E-state index contributed by atoms with van der Waals surface area (Å²) in [6.45, 7) is 4.95. The summed E-state index contributed by atoms with van der Waals surface area (Å²) in [5, 5.41) is 25.3. The van der Waals surface area contributed by atoms with Gasteiger partial charge in [-0.15, -0.1) is 0 Å². The molecular weight excluding hydrogens is 716 g/mol. The van der Waals surface area contributed by atoms with E-state index < -0.39 is 59.5 Å². The second-order valence-electron chi connectivity index (χ2n) is 15.5. The van der Waals surface area contributed by atoms with Crippen molar-refractivity contribution in [1.29, 1.82) is 0 Å². The Hall–Kier alpha value is -5.30. The van der Waals surface area contributed by atoms with Crippen LogP contribution in [0.4, 0.5) is 0 Å². The molecule has 0 unspecified atom stereocenters. The van der Waals surface area contributed by atoms with E-state index in [0.29, 0.717) is 30.4 Å². The summed E-state index contributed by atoms with van der Waals surface area (Å²) in [4.78, 5) is 51.8. The standard InChI is InChI=1S/C44H50N2O10/c1-43(2,3)55-39(50)20-19-34(27-47)46-38(49)21-22-45-41(51)33-23-36(40-37(24-33)54-44(56-40)25-31-11-4-5-12-32(31)26-44)53-42(52)30-17-15-28(16-18-30)9-8-13-29-10-6-7-14-35(29)48/h4-12,14-18,24,34,36-37,40,47-48H,13,19-23,25-27H2,1-3H3,(H,45,51)(H,46,49)/t34-,36+,37+,40-/m0/s1. The number of hydrogen-bond acceptors (Lipinski definition) is 10. The van der Waals surface area contributed by atoms with Crippen LogP contribution < -0.4 is 10.6 Å². The van der Waals surface area contributed by atoms with E-state index >= 15 is 0 Å². The predicted octanol–water partition coefficient (Wildman–Crippen LogP) is 4.89. The van der Waals surface area contributed by atoms with Crippen LogP contribution in [-0.2, 0) is 52.6 Å². The van der Waals surface area contributed by atoms with E-state index in [-0.39, 0.29) is 44.6 Å². The number of carbonyl (C=O) groups excluding carboxylic acids is 4. The minimum Gasteiger partial charge on any atom is -0.508 e. The van der Waals surface area contributed by atoms with Gasteiger partial charge in [0.1, 0.15) is 29.7 Å². The van der Waals surface area contributed by atoms with Gasteiger partial charge in [-0.25, -0.2) is 4.79 Å². The second kappa shape index (κ2) is 17.7. The van der Waals surface area contributed by atoms with Gasteiger partial charge < -0.3 is 39.8 Å². The van der Waals surface area contributed by atoms with Gasteiger partial charge in [0.25, 0.3) is 0 Å². The summed E-state index contributed by atoms with van der Waals surface area (Å²) in [5.41, 5.74) is 3.95. The van der Waals surface area contributed by atoms with Crippen LogP contribution in [0.1, 0.15) is 79.1 Å². The van der Waals surface area contributed by atoms with E-state index in [0.717, 1.165) is 22.3 Å². The number of hydrogen-bond donors (Lipinski definition) is 4. The lowest BCUT2D eigenvalue weighted by atomic mass is 9.91. The van der Waals surface area contributed by atoms with Crippen LogP contribution in [-0.4, -0.2) is 82.9 Å². The molecule has 1 saturated heterocycles. The Kier molecular flexibility index (Phi) is 12.7. The number of nitrogens with one attached hydrogen (secondary N) is 2. The van der Waals surface area contributed by atoms with Crippen LogP contribution in [0, 0.1) is 0 Å². The van der Waals surface area contributed by atoms with Crippen molar-refractivity contribution in [3.63, 3.8) is 0 Å². The summed E-state index contributed by atoms with van der Waals surface area (Å²) in [6.07, 6.45) is 5.26. The van der Waals surface area contributed by atoms with Crippen molar-refractivity contribution in [2.24, 2.45) is 0 Å². The fourth-order valence-electron chi connectivity index (χ4n) is 7.20. The monoisotopic (exact) mass is 766 g/mol. The number of benzene rings is 3.